The predicted molar refractivity (Wildman–Crippen MR) is 61.2 cm³/mol. The fourth-order valence-corrected chi connectivity index (χ4v) is 2.43. The minimum Gasteiger partial charge on any atom is -0.485 e. The largest absolute Gasteiger partial charge is 0.485 e. The summed E-state index contributed by atoms with van der Waals surface area (Å²) in [4.78, 5) is 22.3. The third kappa shape index (κ3) is 1.69. The first kappa shape index (κ1) is 10.3. The van der Waals surface area contributed by atoms with E-state index in [1.807, 2.05) is 6.08 Å². The first-order valence-corrected chi connectivity index (χ1v) is 5.78. The standard InChI is InChI=1S/C13H12O4/c14-7-9-6-12-10(13(15)16-9)5-8-3-1-2-4-11(8)17-12/h5-7,11H,1-4H2. The number of hydrogen-bond donors (Lipinski definition) is 0. The molecule has 0 N–H and O–H groups in total. The molecule has 0 bridgehead atoms. The van der Waals surface area contributed by atoms with Crippen molar-refractivity contribution in [3.63, 3.8) is 0 Å². The van der Waals surface area contributed by atoms with E-state index in [0.29, 0.717) is 17.6 Å². The summed E-state index contributed by atoms with van der Waals surface area (Å²) in [7, 11) is 0. The third-order valence-electron chi connectivity index (χ3n) is 3.28. The second kappa shape index (κ2) is 3.87. The number of hydrogen-bond acceptors (Lipinski definition) is 4. The van der Waals surface area contributed by atoms with Crippen LogP contribution in [-0.2, 0) is 0 Å². The number of ether oxygens (including phenoxy) is 1. The van der Waals surface area contributed by atoms with Crippen molar-refractivity contribution in [2.45, 2.75) is 31.8 Å². The van der Waals surface area contributed by atoms with E-state index in [1.165, 1.54) is 6.07 Å². The summed E-state index contributed by atoms with van der Waals surface area (Å²) >= 11 is 0. The normalized spacial score (nSPS) is 21.9. The van der Waals surface area contributed by atoms with Gasteiger partial charge in [-0.05, 0) is 37.3 Å². The average molecular weight is 232 g/mol. The quantitative estimate of drug-likeness (QED) is 0.696. The molecule has 88 valence electrons. The molecule has 3 rings (SSSR count). The Morgan fingerprint density at radius 2 is 2.24 bits per heavy atom. The van der Waals surface area contributed by atoms with Gasteiger partial charge in [-0.3, -0.25) is 4.79 Å². The van der Waals surface area contributed by atoms with Gasteiger partial charge in [-0.1, -0.05) is 0 Å². The molecule has 1 unspecified atom stereocenters. The maximum atomic E-state index is 11.7. The number of carbonyl (C=O) groups excluding carboxylic acids is 1. The van der Waals surface area contributed by atoms with Gasteiger partial charge in [0.2, 0.25) is 0 Å². The average Bonchev–Trinajstić information content (AvgIpc) is 2.36. The van der Waals surface area contributed by atoms with Gasteiger partial charge in [0.15, 0.2) is 12.0 Å². The second-order valence-electron chi connectivity index (χ2n) is 4.40. The Bertz CT molecular complexity index is 553. The van der Waals surface area contributed by atoms with Crippen LogP contribution in [0.4, 0.5) is 0 Å². The van der Waals surface area contributed by atoms with E-state index < -0.39 is 5.63 Å². The van der Waals surface area contributed by atoms with Gasteiger partial charge in [0.05, 0.1) is 0 Å². The van der Waals surface area contributed by atoms with Crippen molar-refractivity contribution in [2.24, 2.45) is 0 Å². The Kier molecular flexibility index (Phi) is 2.35. The molecule has 0 aromatic carbocycles. The molecule has 17 heavy (non-hydrogen) atoms. The first-order valence-electron chi connectivity index (χ1n) is 5.78. The Hall–Kier alpha value is -1.84. The van der Waals surface area contributed by atoms with Crippen LogP contribution in [0.25, 0.3) is 6.08 Å². The molecule has 1 aromatic heterocycles. The summed E-state index contributed by atoms with van der Waals surface area (Å²) in [6, 6.07) is 1.49. The van der Waals surface area contributed by atoms with Crippen molar-refractivity contribution < 1.29 is 13.9 Å². The molecule has 0 amide bonds. The molecule has 0 radical (unpaired) electrons. The zero-order valence-electron chi connectivity index (χ0n) is 9.27. The molecule has 4 nitrogen and oxygen atoms in total. The van der Waals surface area contributed by atoms with E-state index in [9.17, 15) is 9.59 Å². The molecule has 1 saturated carbocycles. The Labute approximate surface area is 97.9 Å². The Morgan fingerprint density at radius 3 is 3.06 bits per heavy atom. The molecule has 0 spiro atoms. The highest BCUT2D eigenvalue weighted by Gasteiger charge is 2.27. The lowest BCUT2D eigenvalue weighted by Crippen LogP contribution is -2.27. The molecule has 4 heteroatoms. The molecule has 2 heterocycles. The van der Waals surface area contributed by atoms with Crippen molar-refractivity contribution in [2.75, 3.05) is 0 Å². The minimum atomic E-state index is -0.499. The SMILES string of the molecule is O=Cc1cc2c(c(=O)o1)C=C1CCCCC1O2. The lowest BCUT2D eigenvalue weighted by molar-refractivity contribution is 0.109. The van der Waals surface area contributed by atoms with Crippen molar-refractivity contribution in [1.29, 1.82) is 0 Å². The van der Waals surface area contributed by atoms with Crippen LogP contribution in [0, 0.1) is 0 Å². The summed E-state index contributed by atoms with van der Waals surface area (Å²) < 4.78 is 10.6. The topological polar surface area (TPSA) is 56.5 Å². The van der Waals surface area contributed by atoms with E-state index in [2.05, 4.69) is 0 Å². The van der Waals surface area contributed by atoms with Crippen LogP contribution in [-0.4, -0.2) is 12.4 Å². The van der Waals surface area contributed by atoms with E-state index >= 15 is 0 Å². The zero-order valence-corrected chi connectivity index (χ0v) is 9.27. The monoisotopic (exact) mass is 232 g/mol. The van der Waals surface area contributed by atoms with Gasteiger partial charge in [-0.2, -0.15) is 0 Å². The summed E-state index contributed by atoms with van der Waals surface area (Å²) in [6.07, 6.45) is 6.67. The van der Waals surface area contributed by atoms with Gasteiger partial charge in [0, 0.05) is 6.07 Å². The highest BCUT2D eigenvalue weighted by Crippen LogP contribution is 2.35. The van der Waals surface area contributed by atoms with Crippen molar-refractivity contribution in [1.82, 2.24) is 0 Å². The highest BCUT2D eigenvalue weighted by atomic mass is 16.5. The summed E-state index contributed by atoms with van der Waals surface area (Å²) in [6.45, 7) is 0. The third-order valence-corrected chi connectivity index (χ3v) is 3.28. The number of rotatable bonds is 1. The fraction of sp³-hybridized carbons (Fsp3) is 0.385. The van der Waals surface area contributed by atoms with Crippen LogP contribution in [0.2, 0.25) is 0 Å². The number of fused-ring (bicyclic) bond motifs is 2. The molecule has 2 aliphatic rings. The van der Waals surface area contributed by atoms with Gasteiger partial charge in [-0.25, -0.2) is 4.79 Å². The summed E-state index contributed by atoms with van der Waals surface area (Å²) in [5.74, 6) is 0.486. The Morgan fingerprint density at radius 1 is 1.35 bits per heavy atom. The van der Waals surface area contributed by atoms with Gasteiger partial charge in [0.1, 0.15) is 17.4 Å². The summed E-state index contributed by atoms with van der Waals surface area (Å²) in [5.41, 5.74) is 1.10. The molecule has 1 aromatic rings. The molecular weight excluding hydrogens is 220 g/mol. The molecule has 1 aliphatic carbocycles. The van der Waals surface area contributed by atoms with Gasteiger partial charge >= 0.3 is 5.63 Å². The highest BCUT2D eigenvalue weighted by molar-refractivity contribution is 5.73. The van der Waals surface area contributed by atoms with Crippen LogP contribution in [0.15, 0.2) is 20.9 Å². The van der Waals surface area contributed by atoms with Gasteiger partial charge in [-0.15, -0.1) is 0 Å². The zero-order chi connectivity index (χ0) is 11.8. The smallest absolute Gasteiger partial charge is 0.347 e. The van der Waals surface area contributed by atoms with Crippen molar-refractivity contribution in [3.05, 3.63) is 33.4 Å². The predicted octanol–water partition coefficient (Wildman–Crippen LogP) is 2.17. The minimum absolute atomic E-state index is 0.0152. The summed E-state index contributed by atoms with van der Waals surface area (Å²) in [5, 5.41) is 0. The molecule has 0 saturated heterocycles. The van der Waals surface area contributed by atoms with Crippen molar-refractivity contribution in [3.8, 4) is 5.75 Å². The van der Waals surface area contributed by atoms with Crippen molar-refractivity contribution >= 4 is 12.4 Å². The number of carbonyl (C=O) groups is 1. The molecule has 1 aliphatic heterocycles. The molecule has 1 atom stereocenters. The number of aldehydes is 1. The molecule has 1 fully saturated rings. The van der Waals surface area contributed by atoms with Gasteiger partial charge in [0.25, 0.3) is 0 Å². The van der Waals surface area contributed by atoms with Crippen LogP contribution >= 0.6 is 0 Å². The second-order valence-corrected chi connectivity index (χ2v) is 4.40. The maximum Gasteiger partial charge on any atom is 0.347 e. The van der Waals surface area contributed by atoms with Crippen LogP contribution in [0.3, 0.4) is 0 Å². The Balaban J connectivity index is 2.12. The maximum absolute atomic E-state index is 11.7. The first-order chi connectivity index (χ1) is 8.28. The fourth-order valence-electron chi connectivity index (χ4n) is 2.43. The van der Waals surface area contributed by atoms with E-state index in [0.717, 1.165) is 31.3 Å². The molecular formula is C13H12O4. The lowest BCUT2D eigenvalue weighted by Gasteiger charge is -2.30. The lowest BCUT2D eigenvalue weighted by atomic mass is 9.89. The van der Waals surface area contributed by atoms with E-state index in [4.69, 9.17) is 9.15 Å². The van der Waals surface area contributed by atoms with E-state index in [1.54, 1.807) is 0 Å². The van der Waals surface area contributed by atoms with Gasteiger partial charge < -0.3 is 9.15 Å². The van der Waals surface area contributed by atoms with Crippen LogP contribution in [0.5, 0.6) is 5.75 Å². The van der Waals surface area contributed by atoms with Crippen LogP contribution < -0.4 is 10.4 Å². The van der Waals surface area contributed by atoms with Crippen LogP contribution in [0.1, 0.15) is 41.8 Å². The van der Waals surface area contributed by atoms with E-state index in [-0.39, 0.29) is 11.9 Å².